The van der Waals surface area contributed by atoms with Crippen LogP contribution >= 0.6 is 0 Å². The number of ether oxygens (including phenoxy) is 2. The molecular formula is C24H30O2. The molecule has 2 rings (SSSR count). The monoisotopic (exact) mass is 350 g/mol. The zero-order chi connectivity index (χ0) is 18.5. The molecule has 26 heavy (non-hydrogen) atoms. The maximum absolute atomic E-state index is 5.78. The third-order valence-electron chi connectivity index (χ3n) is 4.39. The quantitative estimate of drug-likeness (QED) is 0.397. The maximum Gasteiger partial charge on any atom is 0.0722 e. The molecule has 0 N–H and O–H groups in total. The molecule has 2 aromatic carbocycles. The SMILES string of the molecule is C=Cc1ccccc1COCCCCCCOCc1ccccc1C=C. The van der Waals surface area contributed by atoms with Crippen molar-refractivity contribution < 1.29 is 9.47 Å². The van der Waals surface area contributed by atoms with E-state index >= 15 is 0 Å². The van der Waals surface area contributed by atoms with Gasteiger partial charge in [0.15, 0.2) is 0 Å². The molecule has 0 saturated heterocycles. The lowest BCUT2D eigenvalue weighted by Gasteiger charge is -2.08. The smallest absolute Gasteiger partial charge is 0.0722 e. The highest BCUT2D eigenvalue weighted by atomic mass is 16.5. The van der Waals surface area contributed by atoms with Crippen LogP contribution in [0.1, 0.15) is 47.9 Å². The number of unbranched alkanes of at least 4 members (excludes halogenated alkanes) is 3. The summed E-state index contributed by atoms with van der Waals surface area (Å²) < 4.78 is 11.6. The van der Waals surface area contributed by atoms with Gasteiger partial charge in [-0.25, -0.2) is 0 Å². The van der Waals surface area contributed by atoms with Crippen molar-refractivity contribution in [2.24, 2.45) is 0 Å². The average Bonchev–Trinajstić information content (AvgIpc) is 2.70. The van der Waals surface area contributed by atoms with Crippen molar-refractivity contribution >= 4 is 12.2 Å². The Morgan fingerprint density at radius 3 is 1.46 bits per heavy atom. The van der Waals surface area contributed by atoms with Gasteiger partial charge in [-0.15, -0.1) is 0 Å². The Kier molecular flexibility index (Phi) is 9.48. The molecule has 0 amide bonds. The molecule has 0 aromatic heterocycles. The van der Waals surface area contributed by atoms with E-state index in [0.29, 0.717) is 13.2 Å². The molecule has 0 aliphatic rings. The molecule has 2 aromatic rings. The van der Waals surface area contributed by atoms with Crippen molar-refractivity contribution in [2.75, 3.05) is 13.2 Å². The Bertz CT molecular complexity index is 616. The molecule has 0 unspecified atom stereocenters. The summed E-state index contributed by atoms with van der Waals surface area (Å²) in [4.78, 5) is 0. The van der Waals surface area contributed by atoms with E-state index in [1.807, 2.05) is 36.4 Å². The third-order valence-corrected chi connectivity index (χ3v) is 4.39. The third kappa shape index (κ3) is 6.99. The summed E-state index contributed by atoms with van der Waals surface area (Å²) in [6.07, 6.45) is 8.30. The molecule has 138 valence electrons. The van der Waals surface area contributed by atoms with E-state index in [0.717, 1.165) is 37.2 Å². The number of hydrogen-bond donors (Lipinski definition) is 0. The molecule has 2 heteroatoms. The van der Waals surface area contributed by atoms with Crippen molar-refractivity contribution in [3.05, 3.63) is 83.9 Å². The molecule has 0 heterocycles. The molecule has 0 bridgehead atoms. The summed E-state index contributed by atoms with van der Waals surface area (Å²) in [5, 5.41) is 0. The lowest BCUT2D eigenvalue weighted by molar-refractivity contribution is 0.108. The highest BCUT2D eigenvalue weighted by Gasteiger charge is 2.00. The lowest BCUT2D eigenvalue weighted by Crippen LogP contribution is -1.99. The Morgan fingerprint density at radius 1 is 0.615 bits per heavy atom. The van der Waals surface area contributed by atoms with Gasteiger partial charge >= 0.3 is 0 Å². The summed E-state index contributed by atoms with van der Waals surface area (Å²) in [6, 6.07) is 16.5. The van der Waals surface area contributed by atoms with Crippen LogP contribution in [0.25, 0.3) is 12.2 Å². The zero-order valence-electron chi connectivity index (χ0n) is 15.7. The Balaban J connectivity index is 1.48. The largest absolute Gasteiger partial charge is 0.377 e. The van der Waals surface area contributed by atoms with Gasteiger partial charge in [-0.05, 0) is 35.1 Å². The first-order chi connectivity index (χ1) is 12.8. The van der Waals surface area contributed by atoms with Gasteiger partial charge in [-0.1, -0.05) is 86.7 Å². The predicted octanol–water partition coefficient (Wildman–Crippen LogP) is 6.27. The van der Waals surface area contributed by atoms with Gasteiger partial charge in [-0.2, -0.15) is 0 Å². The first-order valence-electron chi connectivity index (χ1n) is 9.41. The summed E-state index contributed by atoms with van der Waals surface area (Å²) in [6.45, 7) is 10.6. The minimum atomic E-state index is 0.661. The van der Waals surface area contributed by atoms with Gasteiger partial charge in [0, 0.05) is 13.2 Å². The van der Waals surface area contributed by atoms with Gasteiger partial charge < -0.3 is 9.47 Å². The second-order valence-corrected chi connectivity index (χ2v) is 6.33. The van der Waals surface area contributed by atoms with E-state index < -0.39 is 0 Å². The van der Waals surface area contributed by atoms with Crippen LogP contribution in [0.4, 0.5) is 0 Å². The number of hydrogen-bond acceptors (Lipinski definition) is 2. The predicted molar refractivity (Wildman–Crippen MR) is 111 cm³/mol. The van der Waals surface area contributed by atoms with Crippen LogP contribution in [-0.2, 0) is 22.7 Å². The first-order valence-corrected chi connectivity index (χ1v) is 9.41. The van der Waals surface area contributed by atoms with E-state index in [2.05, 4.69) is 37.4 Å². The molecular weight excluding hydrogens is 320 g/mol. The Morgan fingerprint density at radius 2 is 1.04 bits per heavy atom. The molecule has 2 nitrogen and oxygen atoms in total. The molecule has 0 aliphatic carbocycles. The average molecular weight is 351 g/mol. The Hall–Kier alpha value is -2.16. The van der Waals surface area contributed by atoms with Gasteiger partial charge in [-0.3, -0.25) is 0 Å². The van der Waals surface area contributed by atoms with E-state index in [-0.39, 0.29) is 0 Å². The fourth-order valence-corrected chi connectivity index (χ4v) is 2.86. The number of benzene rings is 2. The normalized spacial score (nSPS) is 10.6. The summed E-state index contributed by atoms with van der Waals surface area (Å²) >= 11 is 0. The summed E-state index contributed by atoms with van der Waals surface area (Å²) in [5.41, 5.74) is 4.72. The van der Waals surface area contributed by atoms with Crippen LogP contribution in [0.2, 0.25) is 0 Å². The van der Waals surface area contributed by atoms with Gasteiger partial charge in [0.05, 0.1) is 13.2 Å². The minimum absolute atomic E-state index is 0.661. The molecule has 0 aliphatic heterocycles. The Labute approximate surface area is 158 Å². The van der Waals surface area contributed by atoms with Gasteiger partial charge in [0.25, 0.3) is 0 Å². The highest BCUT2D eigenvalue weighted by molar-refractivity contribution is 5.52. The maximum atomic E-state index is 5.78. The highest BCUT2D eigenvalue weighted by Crippen LogP contribution is 2.13. The molecule has 0 atom stereocenters. The van der Waals surface area contributed by atoms with Crippen LogP contribution < -0.4 is 0 Å². The summed E-state index contributed by atoms with van der Waals surface area (Å²) in [7, 11) is 0. The molecule has 0 radical (unpaired) electrons. The standard InChI is InChI=1S/C24H30O2/c1-3-21-13-7-9-15-23(21)19-25-17-11-5-6-12-18-26-20-24-16-10-8-14-22(24)4-2/h3-4,7-10,13-16H,1-2,5-6,11-12,17-20H2. The van der Waals surface area contributed by atoms with Crippen molar-refractivity contribution in [1.82, 2.24) is 0 Å². The number of rotatable bonds is 13. The van der Waals surface area contributed by atoms with Gasteiger partial charge in [0.2, 0.25) is 0 Å². The van der Waals surface area contributed by atoms with Crippen LogP contribution in [0.3, 0.4) is 0 Å². The second-order valence-electron chi connectivity index (χ2n) is 6.33. The van der Waals surface area contributed by atoms with Crippen molar-refractivity contribution in [3.8, 4) is 0 Å². The first kappa shape index (κ1) is 20.2. The van der Waals surface area contributed by atoms with E-state index in [1.54, 1.807) is 0 Å². The van der Waals surface area contributed by atoms with Gasteiger partial charge in [0.1, 0.15) is 0 Å². The fourth-order valence-electron chi connectivity index (χ4n) is 2.86. The van der Waals surface area contributed by atoms with Crippen LogP contribution in [-0.4, -0.2) is 13.2 Å². The lowest BCUT2D eigenvalue weighted by atomic mass is 10.1. The van der Waals surface area contributed by atoms with Crippen LogP contribution in [0, 0.1) is 0 Å². The van der Waals surface area contributed by atoms with Crippen molar-refractivity contribution in [1.29, 1.82) is 0 Å². The zero-order valence-corrected chi connectivity index (χ0v) is 15.7. The second kappa shape index (κ2) is 12.2. The molecule has 0 fully saturated rings. The van der Waals surface area contributed by atoms with E-state index in [1.165, 1.54) is 24.0 Å². The van der Waals surface area contributed by atoms with E-state index in [9.17, 15) is 0 Å². The van der Waals surface area contributed by atoms with E-state index in [4.69, 9.17) is 9.47 Å². The van der Waals surface area contributed by atoms with Crippen LogP contribution in [0.5, 0.6) is 0 Å². The molecule has 0 spiro atoms. The molecule has 0 saturated carbocycles. The topological polar surface area (TPSA) is 18.5 Å². The minimum Gasteiger partial charge on any atom is -0.377 e. The van der Waals surface area contributed by atoms with Crippen molar-refractivity contribution in [3.63, 3.8) is 0 Å². The fraction of sp³-hybridized carbons (Fsp3) is 0.333. The summed E-state index contributed by atoms with van der Waals surface area (Å²) in [5.74, 6) is 0. The van der Waals surface area contributed by atoms with Crippen LogP contribution in [0.15, 0.2) is 61.7 Å². The van der Waals surface area contributed by atoms with Crippen molar-refractivity contribution in [2.45, 2.75) is 38.9 Å².